The van der Waals surface area contributed by atoms with Crippen molar-refractivity contribution in [2.75, 3.05) is 38.0 Å². The van der Waals surface area contributed by atoms with Gasteiger partial charge in [-0.2, -0.15) is 0 Å². The first-order valence-electron chi connectivity index (χ1n) is 8.78. The highest BCUT2D eigenvalue weighted by Gasteiger charge is 2.21. The van der Waals surface area contributed by atoms with Crippen molar-refractivity contribution in [3.05, 3.63) is 53.9 Å². The van der Waals surface area contributed by atoms with E-state index in [0.717, 1.165) is 32.7 Å². The summed E-state index contributed by atoms with van der Waals surface area (Å²) >= 11 is 0. The number of piperazine rings is 1. The van der Waals surface area contributed by atoms with Gasteiger partial charge in [0.05, 0.1) is 0 Å². The topological polar surface area (TPSA) is 61.4 Å². The number of rotatable bonds is 6. The molecule has 3 rings (SSSR count). The SMILES string of the molecule is Cc1ccccc1CN1CCN(C(=O)CCNc2ncccn2)CC1. The van der Waals surface area contributed by atoms with Gasteiger partial charge in [0.2, 0.25) is 11.9 Å². The van der Waals surface area contributed by atoms with Crippen LogP contribution in [0.1, 0.15) is 17.5 Å². The summed E-state index contributed by atoms with van der Waals surface area (Å²) in [5.74, 6) is 0.761. The van der Waals surface area contributed by atoms with Gasteiger partial charge in [-0.05, 0) is 24.1 Å². The lowest BCUT2D eigenvalue weighted by atomic mass is 10.1. The largest absolute Gasteiger partial charge is 0.354 e. The van der Waals surface area contributed by atoms with E-state index >= 15 is 0 Å². The second-order valence-electron chi connectivity index (χ2n) is 6.33. The molecule has 1 amide bonds. The van der Waals surface area contributed by atoms with Crippen molar-refractivity contribution in [2.45, 2.75) is 19.9 Å². The molecule has 2 aromatic rings. The second kappa shape index (κ2) is 8.58. The van der Waals surface area contributed by atoms with Crippen LogP contribution in [0.5, 0.6) is 0 Å². The summed E-state index contributed by atoms with van der Waals surface area (Å²) in [7, 11) is 0. The van der Waals surface area contributed by atoms with Gasteiger partial charge >= 0.3 is 0 Å². The van der Waals surface area contributed by atoms with Crippen molar-refractivity contribution >= 4 is 11.9 Å². The zero-order valence-electron chi connectivity index (χ0n) is 14.7. The van der Waals surface area contributed by atoms with Crippen LogP contribution in [0.2, 0.25) is 0 Å². The number of carbonyl (C=O) groups excluding carboxylic acids is 1. The summed E-state index contributed by atoms with van der Waals surface area (Å²) in [6.45, 7) is 7.12. The molecule has 0 radical (unpaired) electrons. The molecule has 1 fully saturated rings. The second-order valence-corrected chi connectivity index (χ2v) is 6.33. The summed E-state index contributed by atoms with van der Waals surface area (Å²) in [5, 5.41) is 3.08. The molecule has 0 aliphatic carbocycles. The van der Waals surface area contributed by atoms with E-state index in [9.17, 15) is 4.79 Å². The van der Waals surface area contributed by atoms with Gasteiger partial charge in [-0.1, -0.05) is 24.3 Å². The average molecular weight is 339 g/mol. The van der Waals surface area contributed by atoms with Crippen molar-refractivity contribution in [2.24, 2.45) is 0 Å². The Morgan fingerprint density at radius 2 is 1.80 bits per heavy atom. The van der Waals surface area contributed by atoms with Crippen molar-refractivity contribution in [3.63, 3.8) is 0 Å². The lowest BCUT2D eigenvalue weighted by Gasteiger charge is -2.35. The number of hydrogen-bond acceptors (Lipinski definition) is 5. The number of aryl methyl sites for hydroxylation is 1. The zero-order valence-corrected chi connectivity index (χ0v) is 14.7. The third-order valence-electron chi connectivity index (χ3n) is 4.57. The minimum Gasteiger partial charge on any atom is -0.354 e. The first-order chi connectivity index (χ1) is 12.2. The monoisotopic (exact) mass is 339 g/mol. The van der Waals surface area contributed by atoms with Gasteiger partial charge in [-0.15, -0.1) is 0 Å². The van der Waals surface area contributed by atoms with Gasteiger partial charge in [0.1, 0.15) is 0 Å². The molecule has 25 heavy (non-hydrogen) atoms. The molecule has 0 saturated carbocycles. The summed E-state index contributed by atoms with van der Waals surface area (Å²) in [6.07, 6.45) is 3.84. The first-order valence-corrected chi connectivity index (χ1v) is 8.78. The molecule has 1 aromatic heterocycles. The Kier molecular flexibility index (Phi) is 5.95. The highest BCUT2D eigenvalue weighted by molar-refractivity contribution is 5.76. The van der Waals surface area contributed by atoms with Gasteiger partial charge in [0, 0.05) is 58.1 Å². The van der Waals surface area contributed by atoms with Crippen LogP contribution in [-0.4, -0.2) is 58.4 Å². The lowest BCUT2D eigenvalue weighted by molar-refractivity contribution is -0.132. The van der Waals surface area contributed by atoms with Crippen LogP contribution in [0.3, 0.4) is 0 Å². The van der Waals surface area contributed by atoms with Crippen LogP contribution in [0.15, 0.2) is 42.7 Å². The number of benzene rings is 1. The van der Waals surface area contributed by atoms with E-state index in [1.165, 1.54) is 11.1 Å². The van der Waals surface area contributed by atoms with E-state index in [2.05, 4.69) is 51.4 Å². The molecule has 0 spiro atoms. The fraction of sp³-hybridized carbons (Fsp3) is 0.421. The van der Waals surface area contributed by atoms with E-state index in [-0.39, 0.29) is 5.91 Å². The lowest BCUT2D eigenvalue weighted by Crippen LogP contribution is -2.48. The van der Waals surface area contributed by atoms with Crippen molar-refractivity contribution in [3.8, 4) is 0 Å². The molecule has 1 saturated heterocycles. The third-order valence-corrected chi connectivity index (χ3v) is 4.57. The quantitative estimate of drug-likeness (QED) is 0.871. The van der Waals surface area contributed by atoms with Crippen LogP contribution in [0.4, 0.5) is 5.95 Å². The Morgan fingerprint density at radius 3 is 2.52 bits per heavy atom. The highest BCUT2D eigenvalue weighted by Crippen LogP contribution is 2.13. The molecule has 2 heterocycles. The minimum absolute atomic E-state index is 0.193. The minimum atomic E-state index is 0.193. The Bertz CT molecular complexity index is 683. The Balaban J connectivity index is 1.39. The van der Waals surface area contributed by atoms with Gasteiger partial charge in [0.25, 0.3) is 0 Å². The molecule has 0 unspecified atom stereocenters. The molecule has 0 bridgehead atoms. The van der Waals surface area contributed by atoms with Crippen LogP contribution >= 0.6 is 0 Å². The zero-order chi connectivity index (χ0) is 17.5. The predicted octanol–water partition coefficient (Wildman–Crippen LogP) is 1.93. The summed E-state index contributed by atoms with van der Waals surface area (Å²) in [6, 6.07) is 10.3. The number of anilines is 1. The molecular weight excluding hydrogens is 314 g/mol. The fourth-order valence-corrected chi connectivity index (χ4v) is 3.01. The molecule has 6 nitrogen and oxygen atoms in total. The van der Waals surface area contributed by atoms with Gasteiger partial charge < -0.3 is 10.2 Å². The normalized spacial score (nSPS) is 15.2. The van der Waals surface area contributed by atoms with Gasteiger partial charge in [-0.3, -0.25) is 9.69 Å². The van der Waals surface area contributed by atoms with E-state index in [1.54, 1.807) is 18.5 Å². The average Bonchev–Trinajstić information content (AvgIpc) is 2.65. The van der Waals surface area contributed by atoms with Crippen molar-refractivity contribution < 1.29 is 4.79 Å². The van der Waals surface area contributed by atoms with Gasteiger partial charge in [0.15, 0.2) is 0 Å². The van der Waals surface area contributed by atoms with E-state index in [4.69, 9.17) is 0 Å². The van der Waals surface area contributed by atoms with E-state index in [1.807, 2.05) is 4.90 Å². The standard InChI is InChI=1S/C19H25N5O/c1-16-5-2-3-6-17(16)15-23-11-13-24(14-12-23)18(25)7-10-22-19-20-8-4-9-21-19/h2-6,8-9H,7,10-15H2,1H3,(H,20,21,22). The number of amides is 1. The molecule has 132 valence electrons. The molecule has 1 N–H and O–H groups in total. The molecule has 1 aliphatic rings. The van der Waals surface area contributed by atoms with Crippen LogP contribution in [-0.2, 0) is 11.3 Å². The first kappa shape index (κ1) is 17.4. The molecule has 6 heteroatoms. The summed E-state index contributed by atoms with van der Waals surface area (Å²) in [5.41, 5.74) is 2.70. The Labute approximate surface area is 148 Å². The van der Waals surface area contributed by atoms with Crippen LogP contribution < -0.4 is 5.32 Å². The Morgan fingerprint density at radius 1 is 1.08 bits per heavy atom. The maximum atomic E-state index is 12.3. The molecule has 1 aliphatic heterocycles. The maximum absolute atomic E-state index is 12.3. The van der Waals surface area contributed by atoms with Crippen LogP contribution in [0, 0.1) is 6.92 Å². The van der Waals surface area contributed by atoms with Crippen molar-refractivity contribution in [1.29, 1.82) is 0 Å². The van der Waals surface area contributed by atoms with Crippen molar-refractivity contribution in [1.82, 2.24) is 19.8 Å². The Hall–Kier alpha value is -2.47. The third kappa shape index (κ3) is 5.00. The predicted molar refractivity (Wildman–Crippen MR) is 98.2 cm³/mol. The molecule has 0 atom stereocenters. The summed E-state index contributed by atoms with van der Waals surface area (Å²) < 4.78 is 0. The number of nitrogens with zero attached hydrogens (tertiary/aromatic N) is 4. The highest BCUT2D eigenvalue weighted by atomic mass is 16.2. The van der Waals surface area contributed by atoms with Crippen LogP contribution in [0.25, 0.3) is 0 Å². The maximum Gasteiger partial charge on any atom is 0.224 e. The van der Waals surface area contributed by atoms with Gasteiger partial charge in [-0.25, -0.2) is 9.97 Å². The number of nitrogens with one attached hydrogen (secondary N) is 1. The van der Waals surface area contributed by atoms with E-state index in [0.29, 0.717) is 18.9 Å². The molecular formula is C19H25N5O. The van der Waals surface area contributed by atoms with E-state index < -0.39 is 0 Å². The molecule has 1 aromatic carbocycles. The number of aromatic nitrogens is 2. The summed E-state index contributed by atoms with van der Waals surface area (Å²) in [4.78, 5) is 24.9. The fourth-order valence-electron chi connectivity index (χ4n) is 3.01. The number of hydrogen-bond donors (Lipinski definition) is 1. The number of carbonyl (C=O) groups is 1. The smallest absolute Gasteiger partial charge is 0.224 e.